The van der Waals surface area contributed by atoms with Gasteiger partial charge in [0.2, 0.25) is 0 Å². The predicted molar refractivity (Wildman–Crippen MR) is 75.5 cm³/mol. The SMILES string of the molecule is CCCCOCCOCCOCCNCC(C)Cl. The number of halogens is 1. The van der Waals surface area contributed by atoms with E-state index < -0.39 is 0 Å². The van der Waals surface area contributed by atoms with Crippen LogP contribution < -0.4 is 5.32 Å². The fourth-order valence-electron chi connectivity index (χ4n) is 1.23. The van der Waals surface area contributed by atoms with Crippen LogP contribution in [0.15, 0.2) is 0 Å². The molecule has 0 aromatic carbocycles. The average Bonchev–Trinajstić information content (AvgIpc) is 2.34. The Morgan fingerprint density at radius 3 is 2.06 bits per heavy atom. The Hall–Kier alpha value is 0.130. The van der Waals surface area contributed by atoms with Gasteiger partial charge < -0.3 is 19.5 Å². The lowest BCUT2D eigenvalue weighted by atomic mass is 10.4. The Morgan fingerprint density at radius 2 is 1.50 bits per heavy atom. The molecule has 0 saturated carbocycles. The molecule has 1 N–H and O–H groups in total. The van der Waals surface area contributed by atoms with Gasteiger partial charge in [0.05, 0.1) is 33.0 Å². The molecule has 0 aliphatic heterocycles. The quantitative estimate of drug-likeness (QED) is 0.391. The minimum Gasteiger partial charge on any atom is -0.379 e. The molecule has 4 nitrogen and oxygen atoms in total. The van der Waals surface area contributed by atoms with E-state index in [0.717, 1.165) is 26.1 Å². The lowest BCUT2D eigenvalue weighted by molar-refractivity contribution is 0.0147. The lowest BCUT2D eigenvalue weighted by Gasteiger charge is -2.08. The Kier molecular flexibility index (Phi) is 15.3. The van der Waals surface area contributed by atoms with E-state index in [-0.39, 0.29) is 5.38 Å². The molecule has 0 aliphatic carbocycles. The van der Waals surface area contributed by atoms with Gasteiger partial charge in [0.15, 0.2) is 0 Å². The molecule has 0 radical (unpaired) electrons. The van der Waals surface area contributed by atoms with Gasteiger partial charge in [-0.2, -0.15) is 0 Å². The molecule has 5 heteroatoms. The van der Waals surface area contributed by atoms with Crippen LogP contribution in [0.2, 0.25) is 0 Å². The molecule has 0 aromatic rings. The summed E-state index contributed by atoms with van der Waals surface area (Å²) in [5.41, 5.74) is 0. The first kappa shape index (κ1) is 18.1. The number of ether oxygens (including phenoxy) is 3. The van der Waals surface area contributed by atoms with E-state index in [1.807, 2.05) is 6.92 Å². The van der Waals surface area contributed by atoms with Crippen molar-refractivity contribution in [2.75, 3.05) is 52.7 Å². The highest BCUT2D eigenvalue weighted by molar-refractivity contribution is 6.20. The van der Waals surface area contributed by atoms with Gasteiger partial charge in [0.1, 0.15) is 0 Å². The van der Waals surface area contributed by atoms with E-state index in [0.29, 0.717) is 33.0 Å². The second-order valence-electron chi connectivity index (χ2n) is 4.18. The van der Waals surface area contributed by atoms with Crippen LogP contribution in [0.1, 0.15) is 26.7 Å². The molecule has 0 fully saturated rings. The highest BCUT2D eigenvalue weighted by atomic mass is 35.5. The van der Waals surface area contributed by atoms with Crippen molar-refractivity contribution in [2.45, 2.75) is 32.1 Å². The van der Waals surface area contributed by atoms with Crippen LogP contribution in [0.4, 0.5) is 0 Å². The molecular formula is C13H28ClNO3. The number of unbranched alkanes of at least 4 members (excludes halogenated alkanes) is 1. The van der Waals surface area contributed by atoms with Crippen LogP contribution in [0.5, 0.6) is 0 Å². The zero-order valence-corrected chi connectivity index (χ0v) is 12.5. The van der Waals surface area contributed by atoms with Crippen molar-refractivity contribution in [3.63, 3.8) is 0 Å². The fraction of sp³-hybridized carbons (Fsp3) is 1.00. The number of nitrogens with one attached hydrogen (secondary N) is 1. The van der Waals surface area contributed by atoms with E-state index in [9.17, 15) is 0 Å². The van der Waals surface area contributed by atoms with Gasteiger partial charge >= 0.3 is 0 Å². The summed E-state index contributed by atoms with van der Waals surface area (Å²) in [6.07, 6.45) is 2.29. The Balaban J connectivity index is 2.90. The van der Waals surface area contributed by atoms with Crippen molar-refractivity contribution in [1.82, 2.24) is 5.32 Å². The number of alkyl halides is 1. The van der Waals surface area contributed by atoms with Crippen molar-refractivity contribution in [1.29, 1.82) is 0 Å². The molecule has 0 heterocycles. The summed E-state index contributed by atoms with van der Waals surface area (Å²) in [7, 11) is 0. The summed E-state index contributed by atoms with van der Waals surface area (Å²) in [6, 6.07) is 0. The molecule has 1 unspecified atom stereocenters. The van der Waals surface area contributed by atoms with Crippen molar-refractivity contribution in [3.05, 3.63) is 0 Å². The zero-order chi connectivity index (χ0) is 13.5. The third-order valence-corrected chi connectivity index (χ3v) is 2.39. The summed E-state index contributed by atoms with van der Waals surface area (Å²) in [4.78, 5) is 0. The Morgan fingerprint density at radius 1 is 0.944 bits per heavy atom. The summed E-state index contributed by atoms with van der Waals surface area (Å²) in [6.45, 7) is 9.88. The number of hydrogen-bond acceptors (Lipinski definition) is 4. The maximum atomic E-state index is 5.79. The fourth-order valence-corrected chi connectivity index (χ4v) is 1.34. The molecular weight excluding hydrogens is 254 g/mol. The first-order valence-electron chi connectivity index (χ1n) is 6.85. The first-order chi connectivity index (χ1) is 8.77. The topological polar surface area (TPSA) is 39.7 Å². The normalized spacial score (nSPS) is 12.8. The molecule has 18 heavy (non-hydrogen) atoms. The first-order valence-corrected chi connectivity index (χ1v) is 7.29. The van der Waals surface area contributed by atoms with E-state index in [4.69, 9.17) is 25.8 Å². The van der Waals surface area contributed by atoms with Gasteiger partial charge in [-0.3, -0.25) is 0 Å². The molecule has 0 amide bonds. The van der Waals surface area contributed by atoms with Gasteiger partial charge in [-0.25, -0.2) is 0 Å². The summed E-state index contributed by atoms with van der Waals surface area (Å²) in [5.74, 6) is 0. The molecule has 0 bridgehead atoms. The van der Waals surface area contributed by atoms with Gasteiger partial charge in [0.25, 0.3) is 0 Å². The van der Waals surface area contributed by atoms with Gasteiger partial charge in [-0.15, -0.1) is 11.6 Å². The summed E-state index contributed by atoms with van der Waals surface area (Å²) in [5, 5.41) is 3.37. The maximum Gasteiger partial charge on any atom is 0.0701 e. The average molecular weight is 282 g/mol. The largest absolute Gasteiger partial charge is 0.379 e. The van der Waals surface area contributed by atoms with Gasteiger partial charge in [-0.1, -0.05) is 13.3 Å². The standard InChI is InChI=1S/C13H28ClNO3/c1-3-4-6-16-8-10-18-11-9-17-7-5-15-12-13(2)14/h13,15H,3-12H2,1-2H3. The van der Waals surface area contributed by atoms with Crippen LogP contribution in [-0.4, -0.2) is 58.1 Å². The minimum absolute atomic E-state index is 0.168. The van der Waals surface area contributed by atoms with Crippen molar-refractivity contribution < 1.29 is 14.2 Å². The Labute approximate surface area is 116 Å². The van der Waals surface area contributed by atoms with E-state index in [1.165, 1.54) is 6.42 Å². The van der Waals surface area contributed by atoms with E-state index >= 15 is 0 Å². The van der Waals surface area contributed by atoms with Crippen LogP contribution >= 0.6 is 11.6 Å². The Bertz CT molecular complexity index is 159. The molecule has 110 valence electrons. The van der Waals surface area contributed by atoms with Crippen LogP contribution in [-0.2, 0) is 14.2 Å². The monoisotopic (exact) mass is 281 g/mol. The summed E-state index contributed by atoms with van der Waals surface area (Å²) >= 11 is 5.79. The second kappa shape index (κ2) is 15.2. The van der Waals surface area contributed by atoms with Gasteiger partial charge in [-0.05, 0) is 13.3 Å². The maximum absolute atomic E-state index is 5.79. The number of rotatable bonds is 14. The zero-order valence-electron chi connectivity index (χ0n) is 11.8. The van der Waals surface area contributed by atoms with Crippen LogP contribution in [0, 0.1) is 0 Å². The lowest BCUT2D eigenvalue weighted by Crippen LogP contribution is -2.25. The smallest absolute Gasteiger partial charge is 0.0701 e. The van der Waals surface area contributed by atoms with Crippen LogP contribution in [0.3, 0.4) is 0 Å². The molecule has 0 spiro atoms. The van der Waals surface area contributed by atoms with Crippen molar-refractivity contribution in [2.24, 2.45) is 0 Å². The van der Waals surface area contributed by atoms with Crippen molar-refractivity contribution in [3.8, 4) is 0 Å². The molecule has 0 aromatic heterocycles. The molecule has 1 atom stereocenters. The molecule has 0 aliphatic rings. The van der Waals surface area contributed by atoms with Crippen LogP contribution in [0.25, 0.3) is 0 Å². The second-order valence-corrected chi connectivity index (χ2v) is 4.92. The highest BCUT2D eigenvalue weighted by Gasteiger charge is 1.94. The number of hydrogen-bond donors (Lipinski definition) is 1. The summed E-state index contributed by atoms with van der Waals surface area (Å²) < 4.78 is 16.1. The highest BCUT2D eigenvalue weighted by Crippen LogP contribution is 1.89. The van der Waals surface area contributed by atoms with E-state index in [1.54, 1.807) is 0 Å². The molecule has 0 saturated heterocycles. The van der Waals surface area contributed by atoms with Gasteiger partial charge in [0, 0.05) is 25.1 Å². The van der Waals surface area contributed by atoms with Crippen molar-refractivity contribution >= 4 is 11.6 Å². The minimum atomic E-state index is 0.168. The molecule has 0 rings (SSSR count). The third-order valence-electron chi connectivity index (χ3n) is 2.24. The predicted octanol–water partition coefficient (Wildman–Crippen LogP) is 2.05. The van der Waals surface area contributed by atoms with E-state index in [2.05, 4.69) is 12.2 Å². The third kappa shape index (κ3) is 16.1.